The SMILES string of the molecule is CN(C)CCNc1ncccc1C[NH]. The highest BCUT2D eigenvalue weighted by molar-refractivity contribution is 5.43. The molecule has 0 bridgehead atoms. The Kier molecular flexibility index (Phi) is 4.35. The van der Waals surface area contributed by atoms with Crippen LogP contribution in [0.3, 0.4) is 0 Å². The number of hydrogen-bond acceptors (Lipinski definition) is 3. The third-order valence-corrected chi connectivity index (χ3v) is 1.93. The molecule has 4 nitrogen and oxygen atoms in total. The van der Waals surface area contributed by atoms with E-state index in [0.29, 0.717) is 0 Å². The molecule has 0 saturated heterocycles. The van der Waals surface area contributed by atoms with Crippen molar-refractivity contribution in [2.24, 2.45) is 0 Å². The molecule has 0 aliphatic carbocycles. The molecule has 0 aromatic carbocycles. The monoisotopic (exact) mass is 193 g/mol. The summed E-state index contributed by atoms with van der Waals surface area (Å²) in [5.74, 6) is 0.837. The molecule has 1 heterocycles. The zero-order valence-corrected chi connectivity index (χ0v) is 8.75. The molecule has 0 saturated carbocycles. The maximum absolute atomic E-state index is 7.31. The molecule has 0 unspecified atom stereocenters. The Balaban J connectivity index is 2.49. The minimum absolute atomic E-state index is 0.276. The van der Waals surface area contributed by atoms with Crippen molar-refractivity contribution in [1.82, 2.24) is 15.6 Å². The van der Waals surface area contributed by atoms with Gasteiger partial charge in [0.1, 0.15) is 5.82 Å². The van der Waals surface area contributed by atoms with Crippen molar-refractivity contribution >= 4 is 5.82 Å². The van der Waals surface area contributed by atoms with Crippen molar-refractivity contribution in [2.45, 2.75) is 6.54 Å². The topological polar surface area (TPSA) is 52.0 Å². The van der Waals surface area contributed by atoms with Crippen LogP contribution in [0.5, 0.6) is 0 Å². The Morgan fingerprint density at radius 1 is 1.50 bits per heavy atom. The van der Waals surface area contributed by atoms with Gasteiger partial charge in [-0.25, -0.2) is 4.98 Å². The summed E-state index contributed by atoms with van der Waals surface area (Å²) in [5.41, 5.74) is 8.26. The molecule has 0 aliphatic heterocycles. The van der Waals surface area contributed by atoms with Gasteiger partial charge in [-0.1, -0.05) is 6.07 Å². The van der Waals surface area contributed by atoms with E-state index in [1.807, 2.05) is 26.2 Å². The lowest BCUT2D eigenvalue weighted by molar-refractivity contribution is 0.425. The smallest absolute Gasteiger partial charge is 0.130 e. The van der Waals surface area contributed by atoms with Crippen molar-refractivity contribution in [3.8, 4) is 0 Å². The number of nitrogens with one attached hydrogen (secondary N) is 2. The van der Waals surface area contributed by atoms with Gasteiger partial charge in [0.25, 0.3) is 0 Å². The quantitative estimate of drug-likeness (QED) is 0.754. The Labute approximate surface area is 85.1 Å². The molecular formula is C10H17N4. The number of nitrogens with zero attached hydrogens (tertiary/aromatic N) is 2. The molecule has 2 N–H and O–H groups in total. The molecule has 4 heteroatoms. The number of rotatable bonds is 5. The lowest BCUT2D eigenvalue weighted by atomic mass is 10.2. The van der Waals surface area contributed by atoms with Crippen LogP contribution in [-0.4, -0.2) is 37.1 Å². The van der Waals surface area contributed by atoms with Crippen molar-refractivity contribution in [3.05, 3.63) is 23.9 Å². The molecule has 0 aliphatic rings. The minimum atomic E-state index is 0.276. The van der Waals surface area contributed by atoms with Gasteiger partial charge in [-0.05, 0) is 20.2 Å². The molecule has 0 atom stereocenters. The zero-order chi connectivity index (χ0) is 10.4. The fraction of sp³-hybridized carbons (Fsp3) is 0.500. The Morgan fingerprint density at radius 2 is 2.29 bits per heavy atom. The molecule has 77 valence electrons. The standard InChI is InChI=1S/C10H17N4/c1-14(2)7-6-13-10-9(8-11)4-3-5-12-10/h3-5,11H,6-8H2,1-2H3,(H,12,13). The maximum atomic E-state index is 7.31. The van der Waals surface area contributed by atoms with Crippen LogP contribution in [0.4, 0.5) is 5.82 Å². The Bertz CT molecular complexity index is 273. The molecule has 0 fully saturated rings. The van der Waals surface area contributed by atoms with Crippen LogP contribution in [0.2, 0.25) is 0 Å². The fourth-order valence-electron chi connectivity index (χ4n) is 1.14. The van der Waals surface area contributed by atoms with E-state index in [4.69, 9.17) is 5.73 Å². The lowest BCUT2D eigenvalue weighted by Gasteiger charge is -2.12. The first-order valence-electron chi connectivity index (χ1n) is 4.71. The molecule has 0 amide bonds. The zero-order valence-electron chi connectivity index (χ0n) is 8.75. The second kappa shape index (κ2) is 5.57. The predicted molar refractivity (Wildman–Crippen MR) is 58.1 cm³/mol. The van der Waals surface area contributed by atoms with Gasteiger partial charge < -0.3 is 10.2 Å². The maximum Gasteiger partial charge on any atom is 0.130 e. The van der Waals surface area contributed by atoms with E-state index >= 15 is 0 Å². The first kappa shape index (κ1) is 10.9. The highest BCUT2D eigenvalue weighted by Crippen LogP contribution is 2.09. The van der Waals surface area contributed by atoms with Crippen molar-refractivity contribution < 1.29 is 0 Å². The summed E-state index contributed by atoms with van der Waals surface area (Å²) in [6.07, 6.45) is 1.75. The number of likely N-dealkylation sites (N-methyl/N-ethyl adjacent to an activating group) is 1. The van der Waals surface area contributed by atoms with E-state index in [0.717, 1.165) is 24.5 Å². The minimum Gasteiger partial charge on any atom is -0.369 e. The molecule has 1 aromatic rings. The number of hydrogen-bond donors (Lipinski definition) is 1. The van der Waals surface area contributed by atoms with Crippen LogP contribution < -0.4 is 11.1 Å². The molecule has 1 radical (unpaired) electrons. The average Bonchev–Trinajstić information content (AvgIpc) is 2.18. The highest BCUT2D eigenvalue weighted by atomic mass is 15.1. The summed E-state index contributed by atoms with van der Waals surface area (Å²) in [4.78, 5) is 6.30. The first-order valence-corrected chi connectivity index (χ1v) is 4.71. The van der Waals surface area contributed by atoms with E-state index in [1.54, 1.807) is 6.20 Å². The van der Waals surface area contributed by atoms with Crippen molar-refractivity contribution in [1.29, 1.82) is 0 Å². The van der Waals surface area contributed by atoms with Gasteiger partial charge in [0.2, 0.25) is 0 Å². The Morgan fingerprint density at radius 3 is 2.93 bits per heavy atom. The summed E-state index contributed by atoms with van der Waals surface area (Å²) < 4.78 is 0. The summed E-state index contributed by atoms with van der Waals surface area (Å²) in [7, 11) is 4.07. The third kappa shape index (κ3) is 3.32. The van der Waals surface area contributed by atoms with Gasteiger partial charge in [-0.3, -0.25) is 5.73 Å². The molecule has 1 rings (SSSR count). The fourth-order valence-corrected chi connectivity index (χ4v) is 1.14. The normalized spacial score (nSPS) is 10.6. The van der Waals surface area contributed by atoms with Gasteiger partial charge in [0, 0.05) is 31.4 Å². The van der Waals surface area contributed by atoms with Crippen molar-refractivity contribution in [3.63, 3.8) is 0 Å². The second-order valence-corrected chi connectivity index (χ2v) is 3.42. The highest BCUT2D eigenvalue weighted by Gasteiger charge is 2.00. The largest absolute Gasteiger partial charge is 0.369 e. The van der Waals surface area contributed by atoms with Gasteiger partial charge >= 0.3 is 0 Å². The van der Waals surface area contributed by atoms with Gasteiger partial charge in [-0.2, -0.15) is 0 Å². The van der Waals surface area contributed by atoms with Crippen LogP contribution >= 0.6 is 0 Å². The molecule has 0 spiro atoms. The number of aromatic nitrogens is 1. The summed E-state index contributed by atoms with van der Waals surface area (Å²) >= 11 is 0. The van der Waals surface area contributed by atoms with E-state index in [2.05, 4.69) is 15.2 Å². The average molecular weight is 193 g/mol. The second-order valence-electron chi connectivity index (χ2n) is 3.42. The predicted octanol–water partition coefficient (Wildman–Crippen LogP) is 0.838. The van der Waals surface area contributed by atoms with Gasteiger partial charge in [0.05, 0.1) is 0 Å². The van der Waals surface area contributed by atoms with Crippen LogP contribution in [0.25, 0.3) is 0 Å². The first-order chi connectivity index (χ1) is 6.74. The van der Waals surface area contributed by atoms with Gasteiger partial charge in [0.15, 0.2) is 0 Å². The lowest BCUT2D eigenvalue weighted by Crippen LogP contribution is -2.21. The summed E-state index contributed by atoms with van der Waals surface area (Å²) in [6.45, 7) is 2.10. The van der Waals surface area contributed by atoms with Crippen LogP contribution in [0.1, 0.15) is 5.56 Å². The molecular weight excluding hydrogens is 176 g/mol. The van der Waals surface area contributed by atoms with E-state index in [9.17, 15) is 0 Å². The molecule has 1 aromatic heterocycles. The summed E-state index contributed by atoms with van der Waals surface area (Å²) in [5, 5.41) is 3.22. The van der Waals surface area contributed by atoms with Gasteiger partial charge in [-0.15, -0.1) is 0 Å². The van der Waals surface area contributed by atoms with E-state index in [1.165, 1.54) is 0 Å². The van der Waals surface area contributed by atoms with Crippen LogP contribution in [0, 0.1) is 0 Å². The van der Waals surface area contributed by atoms with E-state index in [-0.39, 0.29) is 6.54 Å². The third-order valence-electron chi connectivity index (χ3n) is 1.93. The Hall–Kier alpha value is -1.13. The molecule has 14 heavy (non-hydrogen) atoms. The van der Waals surface area contributed by atoms with Crippen LogP contribution in [0.15, 0.2) is 18.3 Å². The number of anilines is 1. The summed E-state index contributed by atoms with van der Waals surface area (Å²) in [6, 6.07) is 3.79. The number of pyridine rings is 1. The van der Waals surface area contributed by atoms with Crippen LogP contribution in [-0.2, 0) is 6.54 Å². The van der Waals surface area contributed by atoms with E-state index < -0.39 is 0 Å². The van der Waals surface area contributed by atoms with Crippen molar-refractivity contribution in [2.75, 3.05) is 32.5 Å².